The van der Waals surface area contributed by atoms with Crippen LogP contribution in [0.25, 0.3) is 5.65 Å². The van der Waals surface area contributed by atoms with Gasteiger partial charge in [-0.15, -0.1) is 0 Å². The molecule has 0 unspecified atom stereocenters. The Morgan fingerprint density at radius 1 is 1.25 bits per heavy atom. The van der Waals surface area contributed by atoms with Gasteiger partial charge < -0.3 is 4.90 Å². The summed E-state index contributed by atoms with van der Waals surface area (Å²) in [5.41, 5.74) is 4.27. The highest BCUT2D eigenvalue weighted by molar-refractivity contribution is 6.00. The van der Waals surface area contributed by atoms with E-state index in [0.717, 1.165) is 29.8 Å². The summed E-state index contributed by atoms with van der Waals surface area (Å²) in [6.07, 6.45) is 3.80. The van der Waals surface area contributed by atoms with Gasteiger partial charge in [0.15, 0.2) is 5.65 Å². The van der Waals surface area contributed by atoms with Gasteiger partial charge in [-0.2, -0.15) is 5.10 Å². The van der Waals surface area contributed by atoms with Crippen LogP contribution in [0, 0.1) is 13.8 Å². The standard InChI is InChI=1S/C19H20N4O/c1-13-10-14(2)23-18(21-13)17(11-20-23)19(24)22(16-8-9-16)12-15-6-4-3-5-7-15/h3-7,10-11,16H,8-9,12H2,1-2H3. The van der Waals surface area contributed by atoms with Crippen molar-refractivity contribution >= 4 is 11.6 Å². The number of hydrogen-bond acceptors (Lipinski definition) is 3. The van der Waals surface area contributed by atoms with Gasteiger partial charge in [-0.25, -0.2) is 9.50 Å². The number of benzene rings is 1. The van der Waals surface area contributed by atoms with Gasteiger partial charge in [0, 0.05) is 24.0 Å². The maximum Gasteiger partial charge on any atom is 0.259 e. The van der Waals surface area contributed by atoms with Gasteiger partial charge in [0.1, 0.15) is 5.56 Å². The molecule has 0 atom stereocenters. The predicted molar refractivity (Wildman–Crippen MR) is 91.8 cm³/mol. The Bertz CT molecular complexity index is 896. The number of aromatic nitrogens is 3. The number of amides is 1. The molecular formula is C19H20N4O. The summed E-state index contributed by atoms with van der Waals surface area (Å²) in [5.74, 6) is 0.0221. The van der Waals surface area contributed by atoms with E-state index in [1.807, 2.05) is 43.0 Å². The Kier molecular flexibility index (Phi) is 3.56. The third-order valence-corrected chi connectivity index (χ3v) is 4.45. The Morgan fingerprint density at radius 3 is 2.71 bits per heavy atom. The first-order valence-corrected chi connectivity index (χ1v) is 8.30. The second-order valence-electron chi connectivity index (χ2n) is 6.48. The summed E-state index contributed by atoms with van der Waals surface area (Å²) >= 11 is 0. The molecule has 122 valence electrons. The largest absolute Gasteiger partial charge is 0.331 e. The molecular weight excluding hydrogens is 300 g/mol. The number of rotatable bonds is 4. The van der Waals surface area contributed by atoms with Crippen LogP contribution in [-0.2, 0) is 6.54 Å². The third-order valence-electron chi connectivity index (χ3n) is 4.45. The maximum atomic E-state index is 13.2. The zero-order valence-corrected chi connectivity index (χ0v) is 13.9. The monoisotopic (exact) mass is 320 g/mol. The van der Waals surface area contributed by atoms with Crippen LogP contribution < -0.4 is 0 Å². The molecule has 2 heterocycles. The summed E-state index contributed by atoms with van der Waals surface area (Å²) < 4.78 is 1.74. The van der Waals surface area contributed by atoms with Gasteiger partial charge in [0.25, 0.3) is 5.91 Å². The highest BCUT2D eigenvalue weighted by atomic mass is 16.2. The number of carbonyl (C=O) groups is 1. The van der Waals surface area contributed by atoms with Gasteiger partial charge in [-0.3, -0.25) is 4.79 Å². The number of aryl methyl sites for hydroxylation is 2. The zero-order chi connectivity index (χ0) is 16.7. The van der Waals surface area contributed by atoms with Crippen LogP contribution >= 0.6 is 0 Å². The number of fused-ring (bicyclic) bond motifs is 1. The van der Waals surface area contributed by atoms with Crippen molar-refractivity contribution in [3.63, 3.8) is 0 Å². The molecule has 0 aliphatic heterocycles. The van der Waals surface area contributed by atoms with Crippen LogP contribution in [0.15, 0.2) is 42.6 Å². The van der Waals surface area contributed by atoms with E-state index < -0.39 is 0 Å². The van der Waals surface area contributed by atoms with Crippen LogP contribution in [0.1, 0.15) is 40.2 Å². The maximum absolute atomic E-state index is 13.2. The van der Waals surface area contributed by atoms with Crippen molar-refractivity contribution in [2.45, 2.75) is 39.3 Å². The van der Waals surface area contributed by atoms with Crippen molar-refractivity contribution in [2.24, 2.45) is 0 Å². The van der Waals surface area contributed by atoms with Crippen LogP contribution in [0.4, 0.5) is 0 Å². The molecule has 1 aromatic carbocycles. The van der Waals surface area contributed by atoms with Crippen molar-refractivity contribution in [2.75, 3.05) is 0 Å². The molecule has 1 aliphatic carbocycles. The van der Waals surface area contributed by atoms with Gasteiger partial charge in [0.05, 0.1) is 6.20 Å². The molecule has 4 rings (SSSR count). The molecule has 0 bridgehead atoms. The number of hydrogen-bond donors (Lipinski definition) is 0. The lowest BCUT2D eigenvalue weighted by Gasteiger charge is -2.22. The lowest BCUT2D eigenvalue weighted by Crippen LogP contribution is -2.32. The minimum atomic E-state index is 0.0221. The Labute approximate surface area is 140 Å². The van der Waals surface area contributed by atoms with Crippen molar-refractivity contribution in [3.05, 3.63) is 65.1 Å². The lowest BCUT2D eigenvalue weighted by atomic mass is 10.2. The first-order valence-electron chi connectivity index (χ1n) is 8.30. The molecule has 5 nitrogen and oxygen atoms in total. The van der Waals surface area contributed by atoms with Gasteiger partial charge in [-0.1, -0.05) is 30.3 Å². The lowest BCUT2D eigenvalue weighted by molar-refractivity contribution is 0.0731. The molecule has 2 aromatic heterocycles. The average molecular weight is 320 g/mol. The fraction of sp³-hybridized carbons (Fsp3) is 0.316. The van der Waals surface area contributed by atoms with Crippen molar-refractivity contribution in [3.8, 4) is 0 Å². The molecule has 0 saturated heterocycles. The van der Waals surface area contributed by atoms with E-state index >= 15 is 0 Å². The summed E-state index contributed by atoms with van der Waals surface area (Å²) in [6.45, 7) is 4.55. The Morgan fingerprint density at radius 2 is 2.00 bits per heavy atom. The van der Waals surface area contributed by atoms with E-state index in [0.29, 0.717) is 23.8 Å². The van der Waals surface area contributed by atoms with Crippen molar-refractivity contribution in [1.29, 1.82) is 0 Å². The van der Waals surface area contributed by atoms with Crippen LogP contribution in [-0.4, -0.2) is 31.4 Å². The topological polar surface area (TPSA) is 50.5 Å². The molecule has 0 spiro atoms. The molecule has 24 heavy (non-hydrogen) atoms. The Hall–Kier alpha value is -2.69. The molecule has 1 aliphatic rings. The minimum absolute atomic E-state index is 0.0221. The molecule has 0 N–H and O–H groups in total. The van der Waals surface area contributed by atoms with Crippen molar-refractivity contribution < 1.29 is 4.79 Å². The summed E-state index contributed by atoms with van der Waals surface area (Å²) in [5, 5.41) is 4.36. The predicted octanol–water partition coefficient (Wildman–Crippen LogP) is 3.15. The third kappa shape index (κ3) is 2.66. The van der Waals surface area contributed by atoms with E-state index in [1.165, 1.54) is 0 Å². The molecule has 1 saturated carbocycles. The molecule has 1 amide bonds. The van der Waals surface area contributed by atoms with E-state index in [4.69, 9.17) is 0 Å². The highest BCUT2D eigenvalue weighted by Gasteiger charge is 2.34. The van der Waals surface area contributed by atoms with E-state index in [-0.39, 0.29) is 5.91 Å². The van der Waals surface area contributed by atoms with Crippen molar-refractivity contribution in [1.82, 2.24) is 19.5 Å². The first kappa shape index (κ1) is 14.9. The smallest absolute Gasteiger partial charge is 0.259 e. The summed E-state index contributed by atoms with van der Waals surface area (Å²) in [7, 11) is 0. The number of carbonyl (C=O) groups excluding carboxylic acids is 1. The second-order valence-corrected chi connectivity index (χ2v) is 6.48. The van der Waals surface area contributed by atoms with E-state index in [2.05, 4.69) is 22.2 Å². The van der Waals surface area contributed by atoms with Crippen LogP contribution in [0.3, 0.4) is 0 Å². The SMILES string of the molecule is Cc1cc(C)n2ncc(C(=O)N(Cc3ccccc3)C3CC3)c2n1. The van der Waals surface area contributed by atoms with E-state index in [9.17, 15) is 4.79 Å². The quantitative estimate of drug-likeness (QED) is 0.742. The summed E-state index contributed by atoms with van der Waals surface area (Å²) in [4.78, 5) is 19.7. The molecule has 1 fully saturated rings. The Balaban J connectivity index is 1.71. The first-order chi connectivity index (χ1) is 11.6. The molecule has 3 aromatic rings. The summed E-state index contributed by atoms with van der Waals surface area (Å²) in [6, 6.07) is 12.4. The van der Waals surface area contributed by atoms with Crippen LogP contribution in [0.5, 0.6) is 0 Å². The second kappa shape index (κ2) is 5.74. The normalized spacial score (nSPS) is 14.1. The minimum Gasteiger partial charge on any atom is -0.331 e. The highest BCUT2D eigenvalue weighted by Crippen LogP contribution is 2.30. The van der Waals surface area contributed by atoms with E-state index in [1.54, 1.807) is 10.7 Å². The van der Waals surface area contributed by atoms with Crippen LogP contribution in [0.2, 0.25) is 0 Å². The number of nitrogens with zero attached hydrogens (tertiary/aromatic N) is 4. The van der Waals surface area contributed by atoms with Gasteiger partial charge in [-0.05, 0) is 38.3 Å². The average Bonchev–Trinajstić information content (AvgIpc) is 3.32. The molecule has 5 heteroatoms. The molecule has 0 radical (unpaired) electrons. The zero-order valence-electron chi connectivity index (χ0n) is 13.9. The van der Waals surface area contributed by atoms with Gasteiger partial charge in [0.2, 0.25) is 0 Å². The van der Waals surface area contributed by atoms with Gasteiger partial charge >= 0.3 is 0 Å². The fourth-order valence-electron chi connectivity index (χ4n) is 3.11. The fourth-order valence-corrected chi connectivity index (χ4v) is 3.11.